The summed E-state index contributed by atoms with van der Waals surface area (Å²) in [5.74, 6) is 3.56. The standard InChI is InChI=1S/C17H25N/c1-12-7-8-14(11-13(12)2)15-9-10-18-17-6-4-3-5-16(15)17/h3-6,12-15,18H,7-11H2,1-2H3. The summed E-state index contributed by atoms with van der Waals surface area (Å²) >= 11 is 0. The van der Waals surface area contributed by atoms with Crippen LogP contribution in [0.1, 0.15) is 51.0 Å². The number of fused-ring (bicyclic) bond motifs is 1. The van der Waals surface area contributed by atoms with Gasteiger partial charge in [0.05, 0.1) is 0 Å². The molecule has 1 heteroatoms. The van der Waals surface area contributed by atoms with Crippen LogP contribution in [0.25, 0.3) is 0 Å². The molecule has 1 N–H and O–H groups in total. The first-order valence-electron chi connectivity index (χ1n) is 7.58. The molecule has 0 saturated heterocycles. The Kier molecular flexibility index (Phi) is 3.32. The van der Waals surface area contributed by atoms with Crippen molar-refractivity contribution in [3.8, 4) is 0 Å². The van der Waals surface area contributed by atoms with E-state index in [4.69, 9.17) is 0 Å². The van der Waals surface area contributed by atoms with Crippen molar-refractivity contribution in [2.24, 2.45) is 17.8 Å². The minimum atomic E-state index is 0.803. The van der Waals surface area contributed by atoms with Gasteiger partial charge in [-0.2, -0.15) is 0 Å². The molecule has 0 bridgehead atoms. The van der Waals surface area contributed by atoms with E-state index in [-0.39, 0.29) is 0 Å². The van der Waals surface area contributed by atoms with E-state index in [1.54, 1.807) is 5.56 Å². The summed E-state index contributed by atoms with van der Waals surface area (Å²) in [5.41, 5.74) is 2.97. The Labute approximate surface area is 111 Å². The van der Waals surface area contributed by atoms with E-state index in [2.05, 4.69) is 43.4 Å². The lowest BCUT2D eigenvalue weighted by molar-refractivity contribution is 0.181. The summed E-state index contributed by atoms with van der Waals surface area (Å²) in [6.07, 6.45) is 5.62. The Bertz CT molecular complexity index is 412. The van der Waals surface area contributed by atoms with Gasteiger partial charge in [-0.15, -0.1) is 0 Å². The molecule has 1 aliphatic heterocycles. The van der Waals surface area contributed by atoms with Crippen molar-refractivity contribution < 1.29 is 0 Å². The fourth-order valence-corrected chi connectivity index (χ4v) is 3.94. The Morgan fingerprint density at radius 2 is 1.83 bits per heavy atom. The summed E-state index contributed by atoms with van der Waals surface area (Å²) < 4.78 is 0. The molecule has 1 aromatic rings. The fraction of sp³-hybridized carbons (Fsp3) is 0.647. The van der Waals surface area contributed by atoms with E-state index >= 15 is 0 Å². The second kappa shape index (κ2) is 4.95. The monoisotopic (exact) mass is 243 g/mol. The first kappa shape index (κ1) is 12.1. The van der Waals surface area contributed by atoms with E-state index in [1.165, 1.54) is 31.4 Å². The van der Waals surface area contributed by atoms with Gasteiger partial charge in [-0.3, -0.25) is 0 Å². The summed E-state index contributed by atoms with van der Waals surface area (Å²) in [5, 5.41) is 3.55. The molecule has 18 heavy (non-hydrogen) atoms. The summed E-state index contributed by atoms with van der Waals surface area (Å²) in [7, 11) is 0. The third kappa shape index (κ3) is 2.15. The van der Waals surface area contributed by atoms with Crippen LogP contribution >= 0.6 is 0 Å². The van der Waals surface area contributed by atoms with Crippen LogP contribution in [0.2, 0.25) is 0 Å². The van der Waals surface area contributed by atoms with Crippen molar-refractivity contribution in [3.63, 3.8) is 0 Å². The topological polar surface area (TPSA) is 12.0 Å². The van der Waals surface area contributed by atoms with Crippen molar-refractivity contribution >= 4 is 5.69 Å². The van der Waals surface area contributed by atoms with Crippen LogP contribution in [0.15, 0.2) is 24.3 Å². The molecule has 2 aliphatic rings. The molecule has 98 valence electrons. The van der Waals surface area contributed by atoms with Crippen LogP contribution < -0.4 is 5.32 Å². The van der Waals surface area contributed by atoms with E-state index in [0.29, 0.717) is 0 Å². The van der Waals surface area contributed by atoms with Crippen molar-refractivity contribution in [1.29, 1.82) is 0 Å². The third-order valence-corrected chi connectivity index (χ3v) is 5.34. The van der Waals surface area contributed by atoms with Gasteiger partial charge in [0.25, 0.3) is 0 Å². The summed E-state index contributed by atoms with van der Waals surface area (Å²) in [6.45, 7) is 6.03. The van der Waals surface area contributed by atoms with Crippen molar-refractivity contribution in [2.45, 2.75) is 45.4 Å². The largest absolute Gasteiger partial charge is 0.385 e. The maximum atomic E-state index is 3.55. The van der Waals surface area contributed by atoms with Crippen molar-refractivity contribution in [1.82, 2.24) is 0 Å². The first-order valence-corrected chi connectivity index (χ1v) is 7.58. The average molecular weight is 243 g/mol. The predicted molar refractivity (Wildman–Crippen MR) is 78.0 cm³/mol. The molecular formula is C17H25N. The Hall–Kier alpha value is -0.980. The molecule has 1 aromatic carbocycles. The molecule has 1 aliphatic carbocycles. The normalized spacial score (nSPS) is 35.7. The van der Waals surface area contributed by atoms with Crippen molar-refractivity contribution in [2.75, 3.05) is 11.9 Å². The summed E-state index contributed by atoms with van der Waals surface area (Å²) in [6, 6.07) is 8.94. The van der Waals surface area contributed by atoms with Crippen molar-refractivity contribution in [3.05, 3.63) is 29.8 Å². The fourth-order valence-electron chi connectivity index (χ4n) is 3.94. The molecule has 1 saturated carbocycles. The number of rotatable bonds is 1. The van der Waals surface area contributed by atoms with E-state index in [0.717, 1.165) is 30.2 Å². The lowest BCUT2D eigenvalue weighted by atomic mass is 9.68. The molecular weight excluding hydrogens is 218 g/mol. The number of hydrogen-bond acceptors (Lipinski definition) is 1. The van der Waals surface area contributed by atoms with Crippen LogP contribution in [0.5, 0.6) is 0 Å². The van der Waals surface area contributed by atoms with Gasteiger partial charge in [0, 0.05) is 12.2 Å². The van der Waals surface area contributed by atoms with E-state index in [1.807, 2.05) is 0 Å². The lowest BCUT2D eigenvalue weighted by Crippen LogP contribution is -2.29. The zero-order chi connectivity index (χ0) is 12.5. The van der Waals surface area contributed by atoms with E-state index in [9.17, 15) is 0 Å². The quantitative estimate of drug-likeness (QED) is 0.756. The maximum Gasteiger partial charge on any atom is 0.0375 e. The van der Waals surface area contributed by atoms with Crippen LogP contribution in [0.4, 0.5) is 5.69 Å². The van der Waals surface area contributed by atoms with Gasteiger partial charge in [0.1, 0.15) is 0 Å². The molecule has 0 spiro atoms. The Balaban J connectivity index is 1.81. The second-order valence-electron chi connectivity index (χ2n) is 6.44. The molecule has 4 atom stereocenters. The second-order valence-corrected chi connectivity index (χ2v) is 6.44. The minimum Gasteiger partial charge on any atom is -0.385 e. The molecule has 3 rings (SSSR count). The third-order valence-electron chi connectivity index (χ3n) is 5.34. The number of benzene rings is 1. The van der Waals surface area contributed by atoms with E-state index < -0.39 is 0 Å². The Morgan fingerprint density at radius 3 is 2.67 bits per heavy atom. The molecule has 0 aromatic heterocycles. The molecule has 0 radical (unpaired) electrons. The SMILES string of the molecule is CC1CCC(C2CCNc3ccccc32)CC1C. The smallest absolute Gasteiger partial charge is 0.0375 e. The summed E-state index contributed by atoms with van der Waals surface area (Å²) in [4.78, 5) is 0. The lowest BCUT2D eigenvalue weighted by Gasteiger charge is -2.39. The number of para-hydroxylation sites is 1. The molecule has 1 fully saturated rings. The Morgan fingerprint density at radius 1 is 1.00 bits per heavy atom. The van der Waals surface area contributed by atoms with Gasteiger partial charge in [0.2, 0.25) is 0 Å². The van der Waals surface area contributed by atoms with Crippen LogP contribution in [0.3, 0.4) is 0 Å². The number of hydrogen-bond donors (Lipinski definition) is 1. The van der Waals surface area contributed by atoms with Crippen LogP contribution in [0, 0.1) is 17.8 Å². The highest BCUT2D eigenvalue weighted by atomic mass is 14.9. The van der Waals surface area contributed by atoms with Gasteiger partial charge in [-0.25, -0.2) is 0 Å². The molecule has 4 unspecified atom stereocenters. The minimum absolute atomic E-state index is 0.803. The molecule has 1 heterocycles. The van der Waals surface area contributed by atoms with Gasteiger partial charge < -0.3 is 5.32 Å². The van der Waals surface area contributed by atoms with Crippen LogP contribution in [-0.2, 0) is 0 Å². The van der Waals surface area contributed by atoms with Gasteiger partial charge in [0.15, 0.2) is 0 Å². The highest BCUT2D eigenvalue weighted by Crippen LogP contribution is 2.45. The van der Waals surface area contributed by atoms with Crippen LogP contribution in [-0.4, -0.2) is 6.54 Å². The van der Waals surface area contributed by atoms with Gasteiger partial charge >= 0.3 is 0 Å². The zero-order valence-corrected chi connectivity index (χ0v) is 11.7. The zero-order valence-electron chi connectivity index (χ0n) is 11.7. The predicted octanol–water partition coefficient (Wildman–Crippen LogP) is 4.66. The number of nitrogens with one attached hydrogen (secondary N) is 1. The maximum absolute atomic E-state index is 3.55. The average Bonchev–Trinajstić information content (AvgIpc) is 2.41. The molecule has 0 amide bonds. The van der Waals surface area contributed by atoms with Gasteiger partial charge in [-0.05, 0) is 54.6 Å². The number of anilines is 1. The highest BCUT2D eigenvalue weighted by Gasteiger charge is 2.32. The molecule has 1 nitrogen and oxygen atoms in total. The van der Waals surface area contributed by atoms with Gasteiger partial charge in [-0.1, -0.05) is 38.5 Å². The highest BCUT2D eigenvalue weighted by molar-refractivity contribution is 5.54. The first-order chi connectivity index (χ1) is 8.75.